The van der Waals surface area contributed by atoms with E-state index in [1.807, 2.05) is 23.1 Å². The van der Waals surface area contributed by atoms with Crippen molar-refractivity contribution < 1.29 is 13.2 Å². The number of sulfonamides is 1. The number of ether oxygens (including phenoxy) is 1. The Bertz CT molecular complexity index is 704. The van der Waals surface area contributed by atoms with Gasteiger partial charge in [0.25, 0.3) is 0 Å². The molecule has 0 saturated carbocycles. The quantitative estimate of drug-likeness (QED) is 0.333. The minimum atomic E-state index is -3.33. The zero-order valence-corrected chi connectivity index (χ0v) is 18.4. The second-order valence-electron chi connectivity index (χ2n) is 6.23. The Morgan fingerprint density at radius 3 is 2.48 bits per heavy atom. The highest BCUT2D eigenvalue weighted by molar-refractivity contribution is 14.0. The number of rotatable bonds is 5. The van der Waals surface area contributed by atoms with Gasteiger partial charge in [-0.15, -0.1) is 24.0 Å². The first-order chi connectivity index (χ1) is 12.6. The van der Waals surface area contributed by atoms with E-state index in [0.29, 0.717) is 58.4 Å². The van der Waals surface area contributed by atoms with Gasteiger partial charge >= 0.3 is 0 Å². The first-order valence-corrected chi connectivity index (χ1v) is 10.4. The van der Waals surface area contributed by atoms with Gasteiger partial charge in [-0.2, -0.15) is 4.31 Å². The van der Waals surface area contributed by atoms with E-state index in [2.05, 4.69) is 14.9 Å². The Balaban J connectivity index is 0.00000261. The van der Waals surface area contributed by atoms with Crippen LogP contribution in [0.25, 0.3) is 0 Å². The number of hydrogen-bond acceptors (Lipinski definition) is 6. The van der Waals surface area contributed by atoms with Crippen molar-refractivity contribution in [2.75, 3.05) is 69.7 Å². The smallest absolute Gasteiger partial charge is 0.216 e. The molecule has 0 amide bonds. The third-order valence-electron chi connectivity index (χ3n) is 4.56. The average Bonchev–Trinajstić information content (AvgIpc) is 2.69. The summed E-state index contributed by atoms with van der Waals surface area (Å²) in [5.74, 6) is 1.25. The Morgan fingerprint density at radius 2 is 1.85 bits per heavy atom. The van der Waals surface area contributed by atoms with Crippen LogP contribution in [0.4, 0.5) is 5.82 Å². The number of halogens is 1. The summed E-state index contributed by atoms with van der Waals surface area (Å²) in [6.07, 6.45) is 1.75. The molecule has 1 aromatic rings. The van der Waals surface area contributed by atoms with E-state index in [9.17, 15) is 8.42 Å². The molecule has 3 heterocycles. The monoisotopic (exact) mass is 510 g/mol. The lowest BCUT2D eigenvalue weighted by Crippen LogP contribution is -2.50. The van der Waals surface area contributed by atoms with Gasteiger partial charge in [0.2, 0.25) is 10.0 Å². The summed E-state index contributed by atoms with van der Waals surface area (Å²) in [5.41, 5.74) is 5.94. The molecule has 152 valence electrons. The molecule has 2 aliphatic rings. The number of nitrogens with zero attached hydrogens (tertiary/aromatic N) is 5. The van der Waals surface area contributed by atoms with E-state index >= 15 is 0 Å². The summed E-state index contributed by atoms with van der Waals surface area (Å²) in [6, 6.07) is 5.74. The van der Waals surface area contributed by atoms with E-state index in [4.69, 9.17) is 10.5 Å². The van der Waals surface area contributed by atoms with Crippen LogP contribution in [0.15, 0.2) is 29.4 Å². The SMILES string of the molecule is I.NC(=NCCS(=O)(=O)N1CCN(c2ccccn2)CC1)N1CCOCC1. The lowest BCUT2D eigenvalue weighted by atomic mass is 10.3. The molecule has 0 atom stereocenters. The Labute approximate surface area is 177 Å². The molecule has 0 aromatic carbocycles. The number of guanidine groups is 1. The molecule has 11 heteroatoms. The minimum absolute atomic E-state index is 0. The lowest BCUT2D eigenvalue weighted by molar-refractivity contribution is 0.0674. The van der Waals surface area contributed by atoms with Crippen molar-refractivity contribution in [3.63, 3.8) is 0 Å². The fourth-order valence-electron chi connectivity index (χ4n) is 3.03. The van der Waals surface area contributed by atoms with E-state index in [1.54, 1.807) is 6.20 Å². The number of pyridine rings is 1. The van der Waals surface area contributed by atoms with Crippen LogP contribution >= 0.6 is 24.0 Å². The van der Waals surface area contributed by atoms with Crippen molar-refractivity contribution in [2.24, 2.45) is 10.7 Å². The predicted molar refractivity (Wildman–Crippen MR) is 116 cm³/mol. The highest BCUT2D eigenvalue weighted by Gasteiger charge is 2.27. The predicted octanol–water partition coefficient (Wildman–Crippen LogP) is -0.202. The topological polar surface area (TPSA) is 104 Å². The largest absolute Gasteiger partial charge is 0.378 e. The highest BCUT2D eigenvalue weighted by Crippen LogP contribution is 2.14. The average molecular weight is 510 g/mol. The molecule has 9 nitrogen and oxygen atoms in total. The van der Waals surface area contributed by atoms with Crippen molar-refractivity contribution in [2.45, 2.75) is 0 Å². The molecule has 0 bridgehead atoms. The van der Waals surface area contributed by atoms with Gasteiger partial charge in [-0.1, -0.05) is 6.07 Å². The highest BCUT2D eigenvalue weighted by atomic mass is 127. The zero-order valence-electron chi connectivity index (χ0n) is 15.2. The van der Waals surface area contributed by atoms with E-state index in [-0.39, 0.29) is 36.3 Å². The Morgan fingerprint density at radius 1 is 1.15 bits per heavy atom. The molecule has 0 unspecified atom stereocenters. The van der Waals surface area contributed by atoms with E-state index in [0.717, 1.165) is 5.82 Å². The van der Waals surface area contributed by atoms with Crippen molar-refractivity contribution in [3.8, 4) is 0 Å². The molecular weight excluding hydrogens is 483 g/mol. The molecule has 0 aliphatic carbocycles. The summed E-state index contributed by atoms with van der Waals surface area (Å²) in [5, 5.41) is 0. The number of nitrogens with two attached hydrogens (primary N) is 1. The molecule has 0 spiro atoms. The number of aromatic nitrogens is 1. The normalized spacial score (nSPS) is 19.6. The van der Waals surface area contributed by atoms with E-state index in [1.165, 1.54) is 4.31 Å². The number of piperazine rings is 1. The lowest BCUT2D eigenvalue weighted by Gasteiger charge is -2.34. The van der Waals surface area contributed by atoms with Crippen LogP contribution in [0.3, 0.4) is 0 Å². The molecule has 2 fully saturated rings. The first-order valence-electron chi connectivity index (χ1n) is 8.83. The second-order valence-corrected chi connectivity index (χ2v) is 8.32. The van der Waals surface area contributed by atoms with Crippen LogP contribution in [0.1, 0.15) is 0 Å². The van der Waals surface area contributed by atoms with Crippen LogP contribution in [0.5, 0.6) is 0 Å². The second kappa shape index (κ2) is 10.4. The zero-order chi connectivity index (χ0) is 18.4. The summed E-state index contributed by atoms with van der Waals surface area (Å²) in [7, 11) is -3.33. The Kier molecular flexibility index (Phi) is 8.51. The van der Waals surface area contributed by atoms with Gasteiger partial charge in [0.05, 0.1) is 25.5 Å². The van der Waals surface area contributed by atoms with Crippen molar-refractivity contribution in [3.05, 3.63) is 24.4 Å². The number of morpholine rings is 1. The first kappa shape index (κ1) is 22.1. The van der Waals surface area contributed by atoms with Gasteiger partial charge in [-0.25, -0.2) is 13.4 Å². The minimum Gasteiger partial charge on any atom is -0.378 e. The van der Waals surface area contributed by atoms with E-state index < -0.39 is 10.0 Å². The van der Waals surface area contributed by atoms with Crippen LogP contribution in [-0.2, 0) is 14.8 Å². The van der Waals surface area contributed by atoms with Crippen LogP contribution in [0.2, 0.25) is 0 Å². The van der Waals surface area contributed by atoms with Crippen LogP contribution in [-0.4, -0.2) is 93.3 Å². The van der Waals surface area contributed by atoms with Crippen LogP contribution < -0.4 is 10.6 Å². The third kappa shape index (κ3) is 6.16. The molecule has 1 aromatic heterocycles. The maximum absolute atomic E-state index is 12.5. The Hall–Kier alpha value is -1.18. The maximum Gasteiger partial charge on any atom is 0.216 e. The molecule has 3 rings (SSSR count). The molecule has 2 saturated heterocycles. The van der Waals surface area contributed by atoms with Gasteiger partial charge in [0, 0.05) is 45.5 Å². The summed E-state index contributed by atoms with van der Waals surface area (Å²) in [6.45, 7) is 4.99. The maximum atomic E-state index is 12.5. The van der Waals surface area contributed by atoms with Gasteiger partial charge in [-0.3, -0.25) is 4.99 Å². The molecule has 27 heavy (non-hydrogen) atoms. The standard InChI is InChI=1S/C16H26N6O3S.HI/c17-16(21-10-12-25-13-11-21)19-5-14-26(23,24)22-8-6-20(7-9-22)15-3-1-2-4-18-15;/h1-4H,5-14H2,(H2,17,19);1H. The van der Waals surface area contributed by atoms with Gasteiger partial charge < -0.3 is 20.3 Å². The summed E-state index contributed by atoms with van der Waals surface area (Å²) in [4.78, 5) is 12.6. The number of hydrogen-bond donors (Lipinski definition) is 1. The third-order valence-corrected chi connectivity index (χ3v) is 6.41. The van der Waals surface area contributed by atoms with Crippen molar-refractivity contribution in [1.29, 1.82) is 0 Å². The summed E-state index contributed by atoms with van der Waals surface area (Å²) >= 11 is 0. The molecule has 2 aliphatic heterocycles. The fourth-order valence-corrected chi connectivity index (χ4v) is 4.33. The molecule has 0 radical (unpaired) electrons. The number of anilines is 1. The molecule has 2 N–H and O–H groups in total. The van der Waals surface area contributed by atoms with Crippen LogP contribution in [0, 0.1) is 0 Å². The van der Waals surface area contributed by atoms with Gasteiger partial charge in [-0.05, 0) is 12.1 Å². The van der Waals surface area contributed by atoms with Crippen molar-refractivity contribution in [1.82, 2.24) is 14.2 Å². The van der Waals surface area contributed by atoms with Crippen molar-refractivity contribution >= 4 is 45.8 Å². The van der Waals surface area contributed by atoms with Gasteiger partial charge in [0.15, 0.2) is 5.96 Å². The van der Waals surface area contributed by atoms with Gasteiger partial charge in [0.1, 0.15) is 5.82 Å². The summed E-state index contributed by atoms with van der Waals surface area (Å²) < 4.78 is 31.9. The fraction of sp³-hybridized carbons (Fsp3) is 0.625. The number of aliphatic imine (C=N–C) groups is 1. The molecular formula is C16H27IN6O3S.